The second kappa shape index (κ2) is 11.0. The molecule has 0 aliphatic rings. The van der Waals surface area contributed by atoms with Gasteiger partial charge in [-0.2, -0.15) is 0 Å². The standard InChI is InChI=1S/C25H28O7/c1-15(2)23(16-8-10-17(28-3)11-9-16)24(26)20(25(27)32-7)14-19-21(30-5)12-18(29-4)13-22(19)31-6/h8-14H,1-7H3/b20-14-. The van der Waals surface area contributed by atoms with Crippen LogP contribution in [0.1, 0.15) is 25.0 Å². The van der Waals surface area contributed by atoms with E-state index in [4.69, 9.17) is 23.7 Å². The fraction of sp³-hybridized carbons (Fsp3) is 0.280. The van der Waals surface area contributed by atoms with Gasteiger partial charge in [0, 0.05) is 17.7 Å². The molecule has 0 N–H and O–H groups in total. The minimum atomic E-state index is -0.776. The Morgan fingerprint density at radius 1 is 0.750 bits per heavy atom. The predicted molar refractivity (Wildman–Crippen MR) is 122 cm³/mol. The van der Waals surface area contributed by atoms with Crippen LogP contribution in [0, 0.1) is 0 Å². The number of hydrogen-bond donors (Lipinski definition) is 0. The Balaban J connectivity index is 2.70. The lowest BCUT2D eigenvalue weighted by Gasteiger charge is -2.15. The fourth-order valence-electron chi connectivity index (χ4n) is 3.19. The molecule has 2 aromatic carbocycles. The lowest BCUT2D eigenvalue weighted by Crippen LogP contribution is -2.17. The second-order valence-corrected chi connectivity index (χ2v) is 6.93. The van der Waals surface area contributed by atoms with Crippen LogP contribution in [0.5, 0.6) is 23.0 Å². The molecule has 7 nitrogen and oxygen atoms in total. The van der Waals surface area contributed by atoms with Crippen molar-refractivity contribution in [3.05, 3.63) is 58.7 Å². The molecule has 0 saturated heterocycles. The van der Waals surface area contributed by atoms with Crippen molar-refractivity contribution in [2.24, 2.45) is 0 Å². The highest BCUT2D eigenvalue weighted by molar-refractivity contribution is 6.39. The summed E-state index contributed by atoms with van der Waals surface area (Å²) in [6.07, 6.45) is 1.41. The molecule has 7 heteroatoms. The number of hydrogen-bond acceptors (Lipinski definition) is 7. The van der Waals surface area contributed by atoms with Gasteiger partial charge in [-0.15, -0.1) is 0 Å². The molecule has 0 saturated carbocycles. The number of carbonyl (C=O) groups excluding carboxylic acids is 2. The topological polar surface area (TPSA) is 80.3 Å². The Morgan fingerprint density at radius 2 is 1.28 bits per heavy atom. The number of benzene rings is 2. The Labute approximate surface area is 188 Å². The quantitative estimate of drug-likeness (QED) is 0.248. The van der Waals surface area contributed by atoms with E-state index in [1.807, 2.05) is 0 Å². The van der Waals surface area contributed by atoms with Gasteiger partial charge in [0.25, 0.3) is 0 Å². The van der Waals surface area contributed by atoms with Crippen molar-refractivity contribution < 1.29 is 33.3 Å². The fourth-order valence-corrected chi connectivity index (χ4v) is 3.19. The van der Waals surface area contributed by atoms with E-state index < -0.39 is 11.8 Å². The zero-order valence-electron chi connectivity index (χ0n) is 19.4. The van der Waals surface area contributed by atoms with Gasteiger partial charge in [-0.05, 0) is 37.6 Å². The van der Waals surface area contributed by atoms with Crippen LogP contribution in [0.3, 0.4) is 0 Å². The zero-order chi connectivity index (χ0) is 23.8. The average Bonchev–Trinajstić information content (AvgIpc) is 2.81. The van der Waals surface area contributed by atoms with Crippen LogP contribution in [0.4, 0.5) is 0 Å². The van der Waals surface area contributed by atoms with Crippen LogP contribution in [-0.2, 0) is 14.3 Å². The first-order chi connectivity index (χ1) is 15.3. The molecule has 0 fully saturated rings. The molecule has 2 rings (SSSR count). The van der Waals surface area contributed by atoms with Crippen LogP contribution in [0.2, 0.25) is 0 Å². The number of esters is 1. The third-order valence-corrected chi connectivity index (χ3v) is 4.80. The monoisotopic (exact) mass is 440 g/mol. The Hall–Kier alpha value is -3.74. The van der Waals surface area contributed by atoms with Gasteiger partial charge in [-0.3, -0.25) is 4.79 Å². The molecule has 0 aliphatic carbocycles. The van der Waals surface area contributed by atoms with Gasteiger partial charge in [-0.25, -0.2) is 4.79 Å². The molecule has 0 unspecified atom stereocenters. The number of carbonyl (C=O) groups is 2. The number of ketones is 1. The summed E-state index contributed by atoms with van der Waals surface area (Å²) < 4.78 is 26.3. The number of ether oxygens (including phenoxy) is 5. The first kappa shape index (κ1) is 24.5. The van der Waals surface area contributed by atoms with Crippen molar-refractivity contribution in [2.45, 2.75) is 13.8 Å². The molecule has 0 spiro atoms. The number of Topliss-reactive ketones (excluding diaryl/α,β-unsaturated/α-hetero) is 1. The molecule has 0 bridgehead atoms. The van der Waals surface area contributed by atoms with Gasteiger partial charge in [-0.1, -0.05) is 17.7 Å². The maximum atomic E-state index is 13.6. The summed E-state index contributed by atoms with van der Waals surface area (Å²) in [6, 6.07) is 10.3. The first-order valence-electron chi connectivity index (χ1n) is 9.77. The molecule has 0 amide bonds. The van der Waals surface area contributed by atoms with Gasteiger partial charge in [0.05, 0.1) is 41.1 Å². The molecule has 0 aliphatic heterocycles. The van der Waals surface area contributed by atoms with Crippen LogP contribution in [-0.4, -0.2) is 47.3 Å². The highest BCUT2D eigenvalue weighted by Crippen LogP contribution is 2.37. The third kappa shape index (κ3) is 5.29. The second-order valence-electron chi connectivity index (χ2n) is 6.93. The van der Waals surface area contributed by atoms with Gasteiger partial charge in [0.15, 0.2) is 0 Å². The summed E-state index contributed by atoms with van der Waals surface area (Å²) in [7, 11) is 7.26. The number of rotatable bonds is 9. The first-order valence-corrected chi connectivity index (χ1v) is 9.77. The number of methoxy groups -OCH3 is 5. The van der Waals surface area contributed by atoms with E-state index in [2.05, 4.69) is 0 Å². The van der Waals surface area contributed by atoms with Crippen LogP contribution >= 0.6 is 0 Å². The minimum absolute atomic E-state index is 0.165. The SMILES string of the molecule is COC(=O)/C(=C\c1c(OC)cc(OC)cc1OC)C(=O)C(=C(C)C)c1ccc(OC)cc1. The highest BCUT2D eigenvalue weighted by Gasteiger charge is 2.26. The van der Waals surface area contributed by atoms with Gasteiger partial charge < -0.3 is 23.7 Å². The van der Waals surface area contributed by atoms with Gasteiger partial charge in [0.2, 0.25) is 5.78 Å². The minimum Gasteiger partial charge on any atom is -0.497 e. The molecule has 0 radical (unpaired) electrons. The van der Waals surface area contributed by atoms with Crippen molar-refractivity contribution in [3.63, 3.8) is 0 Å². The zero-order valence-corrected chi connectivity index (χ0v) is 19.4. The predicted octanol–water partition coefficient (Wildman–Crippen LogP) is 4.34. The summed E-state index contributed by atoms with van der Waals surface area (Å²) in [5.74, 6) is 0.650. The summed E-state index contributed by atoms with van der Waals surface area (Å²) in [5, 5.41) is 0. The lowest BCUT2D eigenvalue weighted by molar-refractivity contribution is -0.137. The summed E-state index contributed by atoms with van der Waals surface area (Å²) in [6.45, 7) is 3.61. The molecule has 32 heavy (non-hydrogen) atoms. The van der Waals surface area contributed by atoms with Crippen LogP contribution in [0.15, 0.2) is 47.5 Å². The Bertz CT molecular complexity index is 1020. The Kier molecular flexibility index (Phi) is 8.46. The lowest BCUT2D eigenvalue weighted by atomic mass is 9.92. The highest BCUT2D eigenvalue weighted by atomic mass is 16.5. The van der Waals surface area contributed by atoms with Crippen molar-refractivity contribution in [2.75, 3.05) is 35.5 Å². The molecule has 170 valence electrons. The maximum Gasteiger partial charge on any atom is 0.341 e. The van der Waals surface area contributed by atoms with E-state index in [-0.39, 0.29) is 5.57 Å². The van der Waals surface area contributed by atoms with Gasteiger partial charge >= 0.3 is 5.97 Å². The van der Waals surface area contributed by atoms with E-state index in [0.29, 0.717) is 39.7 Å². The average molecular weight is 440 g/mol. The van der Waals surface area contributed by atoms with E-state index in [0.717, 1.165) is 5.57 Å². The van der Waals surface area contributed by atoms with Crippen molar-refractivity contribution >= 4 is 23.4 Å². The van der Waals surface area contributed by atoms with Crippen LogP contribution < -0.4 is 18.9 Å². The van der Waals surface area contributed by atoms with E-state index in [1.165, 1.54) is 34.5 Å². The van der Waals surface area contributed by atoms with Gasteiger partial charge in [0.1, 0.15) is 28.6 Å². The molecule has 2 aromatic rings. The molecule has 0 aromatic heterocycles. The largest absolute Gasteiger partial charge is 0.497 e. The molecular weight excluding hydrogens is 412 g/mol. The third-order valence-electron chi connectivity index (χ3n) is 4.80. The van der Waals surface area contributed by atoms with Crippen molar-refractivity contribution in [3.8, 4) is 23.0 Å². The maximum absolute atomic E-state index is 13.6. The summed E-state index contributed by atoms with van der Waals surface area (Å²) in [5.41, 5.74) is 2.02. The Morgan fingerprint density at radius 3 is 1.69 bits per heavy atom. The van der Waals surface area contributed by atoms with E-state index in [1.54, 1.807) is 57.4 Å². The summed E-state index contributed by atoms with van der Waals surface area (Å²) in [4.78, 5) is 26.3. The van der Waals surface area contributed by atoms with E-state index >= 15 is 0 Å². The molecular formula is C25H28O7. The molecule has 0 heterocycles. The summed E-state index contributed by atoms with van der Waals surface area (Å²) >= 11 is 0. The smallest absolute Gasteiger partial charge is 0.341 e. The van der Waals surface area contributed by atoms with Crippen LogP contribution in [0.25, 0.3) is 11.6 Å². The van der Waals surface area contributed by atoms with Crippen molar-refractivity contribution in [1.82, 2.24) is 0 Å². The van der Waals surface area contributed by atoms with E-state index in [9.17, 15) is 9.59 Å². The van der Waals surface area contributed by atoms with Crippen molar-refractivity contribution in [1.29, 1.82) is 0 Å². The molecule has 0 atom stereocenters. The number of allylic oxidation sites excluding steroid dienone is 2. The normalized spacial score (nSPS) is 10.8.